The number of halogens is 3. The monoisotopic (exact) mass is 383 g/mol. The van der Waals surface area contributed by atoms with Gasteiger partial charge in [-0.1, -0.05) is 0 Å². The molecule has 0 saturated carbocycles. The molecule has 5 nitrogen and oxygen atoms in total. The fraction of sp³-hybridized carbons (Fsp3) is 0.316. The number of aryl methyl sites for hydroxylation is 2. The molecule has 0 fully saturated rings. The lowest BCUT2D eigenvalue weighted by Gasteiger charge is -2.35. The van der Waals surface area contributed by atoms with Gasteiger partial charge in [0.2, 0.25) is 0 Å². The fourth-order valence-corrected chi connectivity index (χ4v) is 2.81. The highest BCUT2D eigenvalue weighted by atomic mass is 19.4. The van der Waals surface area contributed by atoms with Gasteiger partial charge in [0.25, 0.3) is 5.54 Å². The topological polar surface area (TPSA) is 67.8 Å². The number of phenols is 1. The van der Waals surface area contributed by atoms with E-state index in [2.05, 4.69) is 10.1 Å². The van der Waals surface area contributed by atoms with Gasteiger partial charge in [-0.2, -0.15) is 13.2 Å². The lowest BCUT2D eigenvalue weighted by molar-refractivity contribution is -0.201. The standard InChI is InChI=1S/C19H20F3NO4/c1-11-9-13(10-12(2)16(11)24)18(17(25)27-4,19(20,21)22)23-14-5-7-15(26-3)8-6-14/h5-10,23-24H,1-4H3/t18-/m0/s1. The third kappa shape index (κ3) is 3.65. The molecule has 2 rings (SSSR count). The predicted octanol–water partition coefficient (Wildman–Crippen LogP) is 4.06. The van der Waals surface area contributed by atoms with E-state index in [1.54, 1.807) is 0 Å². The molecule has 0 unspecified atom stereocenters. The molecule has 146 valence electrons. The largest absolute Gasteiger partial charge is 0.507 e. The molecule has 0 aliphatic carbocycles. The zero-order valence-electron chi connectivity index (χ0n) is 15.3. The van der Waals surface area contributed by atoms with Gasteiger partial charge in [-0.3, -0.25) is 0 Å². The first kappa shape index (κ1) is 20.4. The van der Waals surface area contributed by atoms with E-state index in [4.69, 9.17) is 4.74 Å². The number of carbonyl (C=O) groups excluding carboxylic acids is 1. The van der Waals surface area contributed by atoms with E-state index in [-0.39, 0.29) is 28.1 Å². The van der Waals surface area contributed by atoms with E-state index >= 15 is 0 Å². The molecule has 0 heterocycles. The summed E-state index contributed by atoms with van der Waals surface area (Å²) < 4.78 is 52.2. The van der Waals surface area contributed by atoms with Gasteiger partial charge in [-0.15, -0.1) is 0 Å². The van der Waals surface area contributed by atoms with Crippen LogP contribution in [0.4, 0.5) is 18.9 Å². The van der Waals surface area contributed by atoms with Crippen molar-refractivity contribution in [2.75, 3.05) is 19.5 Å². The summed E-state index contributed by atoms with van der Waals surface area (Å²) in [5.41, 5.74) is -3.08. The third-order valence-electron chi connectivity index (χ3n) is 4.26. The maximum atomic E-state index is 14.2. The van der Waals surface area contributed by atoms with Crippen molar-refractivity contribution in [2.24, 2.45) is 0 Å². The summed E-state index contributed by atoms with van der Waals surface area (Å²) in [6.07, 6.45) is -5.03. The number of hydrogen-bond donors (Lipinski definition) is 2. The first-order valence-corrected chi connectivity index (χ1v) is 7.95. The Hall–Kier alpha value is -2.90. The van der Waals surface area contributed by atoms with Crippen molar-refractivity contribution in [2.45, 2.75) is 25.6 Å². The van der Waals surface area contributed by atoms with Crippen LogP contribution in [0.3, 0.4) is 0 Å². The zero-order chi connectivity index (χ0) is 20.4. The number of ether oxygens (including phenoxy) is 2. The number of anilines is 1. The SMILES string of the molecule is COC(=O)[C@@](Nc1ccc(OC)cc1)(c1cc(C)c(O)c(C)c1)C(F)(F)F. The second kappa shape index (κ2) is 7.38. The van der Waals surface area contributed by atoms with Gasteiger partial charge in [0.15, 0.2) is 0 Å². The van der Waals surface area contributed by atoms with Crippen molar-refractivity contribution in [3.8, 4) is 11.5 Å². The first-order valence-electron chi connectivity index (χ1n) is 7.95. The number of nitrogens with one attached hydrogen (secondary N) is 1. The Morgan fingerprint density at radius 2 is 1.56 bits per heavy atom. The number of alkyl halides is 3. The van der Waals surface area contributed by atoms with Crippen LogP contribution in [0.25, 0.3) is 0 Å². The molecule has 27 heavy (non-hydrogen) atoms. The minimum absolute atomic E-state index is 0.0434. The van der Waals surface area contributed by atoms with Gasteiger partial charge in [0.05, 0.1) is 14.2 Å². The summed E-state index contributed by atoms with van der Waals surface area (Å²) in [5, 5.41) is 12.2. The van der Waals surface area contributed by atoms with Crippen molar-refractivity contribution < 1.29 is 32.5 Å². The minimum Gasteiger partial charge on any atom is -0.507 e. The molecule has 8 heteroatoms. The van der Waals surface area contributed by atoms with Gasteiger partial charge >= 0.3 is 12.1 Å². The molecule has 0 saturated heterocycles. The molecular formula is C19H20F3NO4. The van der Waals surface area contributed by atoms with Crippen LogP contribution in [0.1, 0.15) is 16.7 Å². The summed E-state index contributed by atoms with van der Waals surface area (Å²) in [6, 6.07) is 7.89. The number of rotatable bonds is 5. The molecule has 0 bridgehead atoms. The highest BCUT2D eigenvalue weighted by Gasteiger charge is 2.63. The van der Waals surface area contributed by atoms with E-state index in [0.717, 1.165) is 19.2 Å². The van der Waals surface area contributed by atoms with Crippen molar-refractivity contribution in [3.63, 3.8) is 0 Å². The molecule has 0 aliphatic heterocycles. The highest BCUT2D eigenvalue weighted by molar-refractivity contribution is 5.88. The Bertz CT molecular complexity index is 811. The van der Waals surface area contributed by atoms with E-state index < -0.39 is 17.7 Å². The molecular weight excluding hydrogens is 363 g/mol. The predicted molar refractivity (Wildman–Crippen MR) is 93.9 cm³/mol. The van der Waals surface area contributed by atoms with Crippen LogP contribution >= 0.6 is 0 Å². The summed E-state index contributed by atoms with van der Waals surface area (Å²) in [4.78, 5) is 12.4. The minimum atomic E-state index is -5.03. The van der Waals surface area contributed by atoms with Crippen molar-refractivity contribution in [3.05, 3.63) is 53.1 Å². The molecule has 2 aromatic rings. The number of phenolic OH excluding ortho intramolecular Hbond substituents is 1. The maximum Gasteiger partial charge on any atom is 0.426 e. The first-order chi connectivity index (χ1) is 12.6. The Morgan fingerprint density at radius 1 is 1.04 bits per heavy atom. The van der Waals surface area contributed by atoms with Gasteiger partial charge in [0.1, 0.15) is 11.5 Å². The van der Waals surface area contributed by atoms with Crippen molar-refractivity contribution >= 4 is 11.7 Å². The van der Waals surface area contributed by atoms with Gasteiger partial charge in [0, 0.05) is 5.69 Å². The number of methoxy groups -OCH3 is 2. The number of benzene rings is 2. The lowest BCUT2D eigenvalue weighted by atomic mass is 9.86. The molecule has 0 spiro atoms. The summed E-state index contributed by atoms with van der Waals surface area (Å²) >= 11 is 0. The average molecular weight is 383 g/mol. The molecule has 0 aliphatic rings. The van der Waals surface area contributed by atoms with Crippen molar-refractivity contribution in [1.82, 2.24) is 0 Å². The number of esters is 1. The van der Waals surface area contributed by atoms with Crippen LogP contribution in [0, 0.1) is 13.8 Å². The summed E-state index contributed by atoms with van der Waals surface area (Å²) in [7, 11) is 2.32. The summed E-state index contributed by atoms with van der Waals surface area (Å²) in [6.45, 7) is 2.91. The Kier molecular flexibility index (Phi) is 5.58. The fourth-order valence-electron chi connectivity index (χ4n) is 2.81. The molecule has 1 atom stereocenters. The summed E-state index contributed by atoms with van der Waals surface area (Å²) in [5.74, 6) is -1.20. The third-order valence-corrected chi connectivity index (χ3v) is 4.26. The molecule has 2 aromatic carbocycles. The van der Waals surface area contributed by atoms with Crippen LogP contribution in [-0.4, -0.2) is 31.5 Å². The normalized spacial score (nSPS) is 13.6. The van der Waals surface area contributed by atoms with Crippen LogP contribution in [-0.2, 0) is 15.1 Å². The lowest BCUT2D eigenvalue weighted by Crippen LogP contribution is -2.55. The van der Waals surface area contributed by atoms with E-state index in [1.165, 1.54) is 45.2 Å². The quantitative estimate of drug-likeness (QED) is 0.762. The Morgan fingerprint density at radius 3 is 1.96 bits per heavy atom. The molecule has 0 amide bonds. The van der Waals surface area contributed by atoms with Crippen LogP contribution in [0.5, 0.6) is 11.5 Å². The molecule has 0 radical (unpaired) electrons. The van der Waals surface area contributed by atoms with E-state index in [0.29, 0.717) is 5.75 Å². The van der Waals surface area contributed by atoms with E-state index in [1.807, 2.05) is 0 Å². The molecule has 2 N–H and O–H groups in total. The number of aromatic hydroxyl groups is 1. The molecule has 0 aromatic heterocycles. The Labute approximate surface area is 154 Å². The van der Waals surface area contributed by atoms with Crippen LogP contribution in [0.15, 0.2) is 36.4 Å². The Balaban J connectivity index is 2.71. The maximum absolute atomic E-state index is 14.2. The van der Waals surface area contributed by atoms with Gasteiger partial charge in [-0.25, -0.2) is 4.79 Å². The van der Waals surface area contributed by atoms with E-state index in [9.17, 15) is 23.1 Å². The van der Waals surface area contributed by atoms with Gasteiger partial charge in [-0.05, 0) is 66.9 Å². The van der Waals surface area contributed by atoms with Gasteiger partial charge < -0.3 is 19.9 Å². The van der Waals surface area contributed by atoms with Crippen LogP contribution < -0.4 is 10.1 Å². The zero-order valence-corrected chi connectivity index (χ0v) is 15.3. The van der Waals surface area contributed by atoms with Crippen molar-refractivity contribution in [1.29, 1.82) is 0 Å². The second-order valence-corrected chi connectivity index (χ2v) is 6.05. The highest BCUT2D eigenvalue weighted by Crippen LogP contribution is 2.44. The second-order valence-electron chi connectivity index (χ2n) is 6.05. The van der Waals surface area contributed by atoms with Crippen LogP contribution in [0.2, 0.25) is 0 Å². The number of hydrogen-bond acceptors (Lipinski definition) is 5. The number of carbonyl (C=O) groups is 1. The average Bonchev–Trinajstić information content (AvgIpc) is 2.62. The smallest absolute Gasteiger partial charge is 0.426 e.